The number of pyridine rings is 1. The number of nitrogens with two attached hydrogens (primary N) is 1. The van der Waals surface area contributed by atoms with E-state index < -0.39 is 11.7 Å². The normalized spacial score (nSPS) is 11.9. The Balaban J connectivity index is 1.87. The van der Waals surface area contributed by atoms with Crippen molar-refractivity contribution in [3.8, 4) is 5.88 Å². The summed E-state index contributed by atoms with van der Waals surface area (Å²) in [4.78, 5) is 16.0. The predicted octanol–water partition coefficient (Wildman–Crippen LogP) is 3.89. The third kappa shape index (κ3) is 5.02. The van der Waals surface area contributed by atoms with Crippen molar-refractivity contribution in [1.82, 2.24) is 15.2 Å². The number of primary amides is 1. The van der Waals surface area contributed by atoms with Gasteiger partial charge in [0.05, 0.1) is 11.7 Å². The maximum absolute atomic E-state index is 14.5. The number of aromatic amines is 1. The van der Waals surface area contributed by atoms with Gasteiger partial charge >= 0.3 is 0 Å². The number of aromatic nitrogens is 3. The second-order valence-corrected chi connectivity index (χ2v) is 6.91. The van der Waals surface area contributed by atoms with E-state index in [9.17, 15) is 13.6 Å². The lowest BCUT2D eigenvalue weighted by atomic mass is 10.1. The van der Waals surface area contributed by atoms with Crippen LogP contribution < -0.4 is 21.1 Å². The Bertz CT molecular complexity index is 1040. The van der Waals surface area contributed by atoms with Crippen LogP contribution in [0.25, 0.3) is 0 Å². The summed E-state index contributed by atoms with van der Waals surface area (Å²) in [5, 5.41) is 12.4. The van der Waals surface area contributed by atoms with Gasteiger partial charge in [0.25, 0.3) is 5.91 Å². The number of nitrogens with one attached hydrogen (secondary N) is 3. The molecule has 2 aromatic heterocycles. The lowest BCUT2D eigenvalue weighted by Crippen LogP contribution is -2.18. The molecular formula is C20H22F2N6O2. The molecule has 3 rings (SSSR count). The molecule has 5 N–H and O–H groups in total. The van der Waals surface area contributed by atoms with E-state index in [1.165, 1.54) is 12.1 Å². The zero-order chi connectivity index (χ0) is 21.8. The number of hydrogen-bond donors (Lipinski definition) is 4. The van der Waals surface area contributed by atoms with Gasteiger partial charge in [-0.05, 0) is 44.5 Å². The first-order valence-corrected chi connectivity index (χ1v) is 9.24. The highest BCUT2D eigenvalue weighted by Gasteiger charge is 2.19. The lowest BCUT2D eigenvalue weighted by Gasteiger charge is -2.18. The smallest absolute Gasteiger partial charge is 0.252 e. The van der Waals surface area contributed by atoms with Crippen molar-refractivity contribution < 1.29 is 18.3 Å². The second kappa shape index (κ2) is 8.76. The standard InChI is InChI=1S/C20H22F2N6O2/c1-10(2)30-17-9-16(27-28-17)25-20-15(22)8-14(18(23)29)19(26-20)24-11(3)12-4-6-13(21)7-5-12/h4-11H,1-3H3,(H2,23,29)(H3,24,25,26,27,28)/t11-/m0/s1. The van der Waals surface area contributed by atoms with Gasteiger partial charge < -0.3 is 21.1 Å². The van der Waals surface area contributed by atoms with Crippen LogP contribution in [0.15, 0.2) is 36.4 Å². The van der Waals surface area contributed by atoms with Gasteiger partial charge in [0.15, 0.2) is 17.5 Å². The largest absolute Gasteiger partial charge is 0.475 e. The monoisotopic (exact) mass is 416 g/mol. The first-order valence-electron chi connectivity index (χ1n) is 9.24. The van der Waals surface area contributed by atoms with E-state index in [-0.39, 0.29) is 41.0 Å². The Morgan fingerprint density at radius 2 is 1.83 bits per heavy atom. The minimum absolute atomic E-state index is 0.0632. The molecule has 158 valence electrons. The van der Waals surface area contributed by atoms with Crippen LogP contribution in [0.4, 0.5) is 26.2 Å². The van der Waals surface area contributed by atoms with Crippen molar-refractivity contribution in [3.63, 3.8) is 0 Å². The first kappa shape index (κ1) is 21.0. The molecule has 0 bridgehead atoms. The quantitative estimate of drug-likeness (QED) is 0.443. The Hall–Kier alpha value is -3.69. The molecule has 30 heavy (non-hydrogen) atoms. The highest BCUT2D eigenvalue weighted by Crippen LogP contribution is 2.27. The predicted molar refractivity (Wildman–Crippen MR) is 109 cm³/mol. The van der Waals surface area contributed by atoms with Gasteiger partial charge in [-0.2, -0.15) is 5.10 Å². The molecule has 0 aliphatic rings. The summed E-state index contributed by atoms with van der Waals surface area (Å²) in [6, 6.07) is 8.03. The molecule has 0 saturated heterocycles. The Kier molecular flexibility index (Phi) is 6.14. The fourth-order valence-electron chi connectivity index (χ4n) is 2.72. The van der Waals surface area contributed by atoms with Crippen molar-refractivity contribution in [3.05, 3.63) is 59.2 Å². The average molecular weight is 416 g/mol. The molecule has 0 unspecified atom stereocenters. The molecule has 0 fully saturated rings. The number of benzene rings is 1. The SMILES string of the molecule is CC(C)Oc1cc(Nc2nc(N[C@@H](C)c3ccc(F)cc3)c(C(N)=O)cc2F)n[nH]1. The fraction of sp³-hybridized carbons (Fsp3) is 0.250. The molecule has 0 saturated carbocycles. The topological polar surface area (TPSA) is 118 Å². The van der Waals surface area contributed by atoms with Crippen LogP contribution in [0.5, 0.6) is 5.88 Å². The van der Waals surface area contributed by atoms with Crippen molar-refractivity contribution in [2.24, 2.45) is 5.73 Å². The Morgan fingerprint density at radius 3 is 2.47 bits per heavy atom. The summed E-state index contributed by atoms with van der Waals surface area (Å²) < 4.78 is 33.2. The van der Waals surface area contributed by atoms with Crippen molar-refractivity contribution in [1.29, 1.82) is 0 Å². The van der Waals surface area contributed by atoms with Crippen LogP contribution in [0.3, 0.4) is 0 Å². The van der Waals surface area contributed by atoms with Crippen molar-refractivity contribution in [2.75, 3.05) is 10.6 Å². The molecule has 0 spiro atoms. The van der Waals surface area contributed by atoms with E-state index in [0.29, 0.717) is 5.88 Å². The van der Waals surface area contributed by atoms with Gasteiger partial charge in [-0.15, -0.1) is 0 Å². The molecule has 0 aliphatic carbocycles. The fourth-order valence-corrected chi connectivity index (χ4v) is 2.72. The summed E-state index contributed by atoms with van der Waals surface area (Å²) in [6.07, 6.45) is -0.0632. The van der Waals surface area contributed by atoms with Crippen LogP contribution in [-0.4, -0.2) is 27.2 Å². The van der Waals surface area contributed by atoms with Gasteiger partial charge in [-0.3, -0.25) is 4.79 Å². The third-order valence-electron chi connectivity index (χ3n) is 4.13. The summed E-state index contributed by atoms with van der Waals surface area (Å²) in [6.45, 7) is 5.51. The highest BCUT2D eigenvalue weighted by atomic mass is 19.1. The molecular weight excluding hydrogens is 394 g/mol. The molecule has 1 aromatic carbocycles. The molecule has 0 aliphatic heterocycles. The van der Waals surface area contributed by atoms with E-state index in [1.54, 1.807) is 25.1 Å². The summed E-state index contributed by atoms with van der Waals surface area (Å²) in [7, 11) is 0. The minimum Gasteiger partial charge on any atom is -0.475 e. The minimum atomic E-state index is -0.839. The zero-order valence-electron chi connectivity index (χ0n) is 16.7. The number of halogens is 2. The highest BCUT2D eigenvalue weighted by molar-refractivity contribution is 5.98. The van der Waals surface area contributed by atoms with Crippen LogP contribution in [-0.2, 0) is 0 Å². The molecule has 3 aromatic rings. The zero-order valence-corrected chi connectivity index (χ0v) is 16.7. The summed E-state index contributed by atoms with van der Waals surface area (Å²) in [5.74, 6) is -1.37. The van der Waals surface area contributed by atoms with Crippen LogP contribution >= 0.6 is 0 Å². The second-order valence-electron chi connectivity index (χ2n) is 6.91. The van der Waals surface area contributed by atoms with Gasteiger partial charge in [-0.1, -0.05) is 12.1 Å². The van der Waals surface area contributed by atoms with Gasteiger partial charge in [0.1, 0.15) is 11.6 Å². The molecule has 8 nitrogen and oxygen atoms in total. The molecule has 1 amide bonds. The van der Waals surface area contributed by atoms with E-state index in [0.717, 1.165) is 11.6 Å². The summed E-state index contributed by atoms with van der Waals surface area (Å²) >= 11 is 0. The van der Waals surface area contributed by atoms with Crippen LogP contribution in [0.2, 0.25) is 0 Å². The molecule has 1 atom stereocenters. The average Bonchev–Trinajstić information content (AvgIpc) is 3.10. The molecule has 10 heteroatoms. The van der Waals surface area contributed by atoms with Crippen molar-refractivity contribution >= 4 is 23.4 Å². The number of carbonyl (C=O) groups excluding carboxylic acids is 1. The van der Waals surface area contributed by atoms with Gasteiger partial charge in [0, 0.05) is 12.1 Å². The van der Waals surface area contributed by atoms with Gasteiger partial charge in [0.2, 0.25) is 5.88 Å². The number of amides is 1. The maximum atomic E-state index is 14.5. The van der Waals surface area contributed by atoms with Crippen LogP contribution in [0, 0.1) is 11.6 Å². The maximum Gasteiger partial charge on any atom is 0.252 e. The Morgan fingerprint density at radius 1 is 1.13 bits per heavy atom. The molecule has 0 radical (unpaired) electrons. The summed E-state index contributed by atoms with van der Waals surface area (Å²) in [5.41, 5.74) is 6.01. The number of anilines is 3. The third-order valence-corrected chi connectivity index (χ3v) is 4.13. The van der Waals surface area contributed by atoms with E-state index in [1.807, 2.05) is 13.8 Å². The number of ether oxygens (including phenoxy) is 1. The number of nitrogens with zero attached hydrogens (tertiary/aromatic N) is 2. The number of H-pyrrole nitrogens is 1. The van der Waals surface area contributed by atoms with E-state index >= 15 is 0 Å². The number of carbonyl (C=O) groups is 1. The first-order chi connectivity index (χ1) is 14.2. The van der Waals surface area contributed by atoms with Crippen molar-refractivity contribution in [2.45, 2.75) is 32.9 Å². The van der Waals surface area contributed by atoms with E-state index in [2.05, 4.69) is 25.8 Å². The van der Waals surface area contributed by atoms with Crippen LogP contribution in [0.1, 0.15) is 42.7 Å². The van der Waals surface area contributed by atoms with E-state index in [4.69, 9.17) is 10.5 Å². The molecule has 2 heterocycles. The lowest BCUT2D eigenvalue weighted by molar-refractivity contribution is 0.100. The van der Waals surface area contributed by atoms with Gasteiger partial charge in [-0.25, -0.2) is 18.9 Å². The number of hydrogen-bond acceptors (Lipinski definition) is 6. The Labute approximate surface area is 171 Å². The number of rotatable bonds is 8.